The number of carboxylic acid groups (broad SMARTS) is 2. The summed E-state index contributed by atoms with van der Waals surface area (Å²) in [5.41, 5.74) is 3.06. The van der Waals surface area contributed by atoms with Crippen LogP contribution in [0.4, 0.5) is 0 Å². The molecular weight excluding hydrogens is 332 g/mol. The SMILES string of the molecule is O=C(O)/C=C/C=C/c1ccnc(-c2cc(/C=C/C=C/C(=O)O)ccn2)c1. The summed E-state index contributed by atoms with van der Waals surface area (Å²) in [4.78, 5) is 29.5. The smallest absolute Gasteiger partial charge is 0.328 e. The lowest BCUT2D eigenvalue weighted by Gasteiger charge is -2.02. The molecule has 0 spiro atoms. The van der Waals surface area contributed by atoms with E-state index in [1.807, 2.05) is 12.1 Å². The highest BCUT2D eigenvalue weighted by Crippen LogP contribution is 2.18. The molecule has 0 bridgehead atoms. The fourth-order valence-corrected chi connectivity index (χ4v) is 1.99. The molecule has 0 unspecified atom stereocenters. The van der Waals surface area contributed by atoms with Crippen molar-refractivity contribution in [3.8, 4) is 11.4 Å². The van der Waals surface area contributed by atoms with Gasteiger partial charge in [0.1, 0.15) is 0 Å². The highest BCUT2D eigenvalue weighted by molar-refractivity contribution is 5.80. The number of aliphatic carboxylic acids is 2. The normalized spacial score (nSPS) is 11.8. The zero-order valence-corrected chi connectivity index (χ0v) is 13.7. The third kappa shape index (κ3) is 6.37. The Morgan fingerprint density at radius 3 is 1.54 bits per heavy atom. The molecule has 0 saturated heterocycles. The average Bonchev–Trinajstić information content (AvgIpc) is 2.63. The van der Waals surface area contributed by atoms with Crippen LogP contribution in [-0.2, 0) is 9.59 Å². The molecule has 0 aliphatic rings. The number of allylic oxidation sites excluding steroid dienone is 4. The summed E-state index contributed by atoms with van der Waals surface area (Å²) in [5.74, 6) is -2.00. The fraction of sp³-hybridized carbons (Fsp3) is 0. The van der Waals surface area contributed by atoms with E-state index in [1.165, 1.54) is 12.2 Å². The summed E-state index contributed by atoms with van der Waals surface area (Å²) in [6.45, 7) is 0. The van der Waals surface area contributed by atoms with Crippen molar-refractivity contribution >= 4 is 24.1 Å². The van der Waals surface area contributed by atoms with Gasteiger partial charge in [-0.25, -0.2) is 9.59 Å². The third-order valence-corrected chi connectivity index (χ3v) is 3.11. The zero-order valence-electron chi connectivity index (χ0n) is 13.7. The van der Waals surface area contributed by atoms with Gasteiger partial charge in [-0.2, -0.15) is 0 Å². The molecule has 26 heavy (non-hydrogen) atoms. The van der Waals surface area contributed by atoms with Crippen LogP contribution in [0.3, 0.4) is 0 Å². The Hall–Kier alpha value is -3.80. The minimum Gasteiger partial charge on any atom is -0.478 e. The summed E-state index contributed by atoms with van der Waals surface area (Å²) in [6.07, 6.45) is 15.1. The molecule has 2 rings (SSSR count). The van der Waals surface area contributed by atoms with Gasteiger partial charge >= 0.3 is 11.9 Å². The second-order valence-corrected chi connectivity index (χ2v) is 5.06. The Morgan fingerprint density at radius 1 is 0.731 bits per heavy atom. The maximum Gasteiger partial charge on any atom is 0.328 e. The first-order valence-electron chi connectivity index (χ1n) is 7.62. The predicted octanol–water partition coefficient (Wildman–Crippen LogP) is 3.45. The van der Waals surface area contributed by atoms with Gasteiger partial charge in [-0.05, 0) is 35.4 Å². The van der Waals surface area contributed by atoms with Gasteiger partial charge in [0.25, 0.3) is 0 Å². The standard InChI is InChI=1S/C20H16N2O4/c23-19(24)7-3-1-5-15-9-11-21-17(13-15)18-14-16(10-12-22-18)6-2-4-8-20(25)26/h1-14H,(H,23,24)(H,25,26)/b5-1+,6-2+,7-3+,8-4+. The molecule has 0 amide bonds. The maximum absolute atomic E-state index is 10.4. The van der Waals surface area contributed by atoms with Crippen LogP contribution in [0.1, 0.15) is 11.1 Å². The summed E-state index contributed by atoms with van der Waals surface area (Å²) in [5, 5.41) is 17.1. The lowest BCUT2D eigenvalue weighted by molar-refractivity contribution is -0.132. The van der Waals surface area contributed by atoms with E-state index in [4.69, 9.17) is 10.2 Å². The third-order valence-electron chi connectivity index (χ3n) is 3.11. The van der Waals surface area contributed by atoms with E-state index < -0.39 is 11.9 Å². The average molecular weight is 348 g/mol. The molecule has 2 N–H and O–H groups in total. The molecule has 2 aromatic rings. The molecule has 2 aromatic heterocycles. The van der Waals surface area contributed by atoms with Crippen LogP contribution in [0.5, 0.6) is 0 Å². The van der Waals surface area contributed by atoms with Gasteiger partial charge in [0.2, 0.25) is 0 Å². The Bertz CT molecular complexity index is 836. The number of rotatable bonds is 7. The van der Waals surface area contributed by atoms with E-state index in [0.29, 0.717) is 11.4 Å². The molecular formula is C20H16N2O4. The number of hydrogen-bond acceptors (Lipinski definition) is 4. The molecule has 0 radical (unpaired) electrons. The van der Waals surface area contributed by atoms with Crippen molar-refractivity contribution in [3.05, 3.63) is 84.2 Å². The van der Waals surface area contributed by atoms with Gasteiger partial charge in [0, 0.05) is 24.5 Å². The van der Waals surface area contributed by atoms with Crippen LogP contribution in [-0.4, -0.2) is 32.1 Å². The Kier molecular flexibility index (Phi) is 6.76. The van der Waals surface area contributed by atoms with Crippen LogP contribution >= 0.6 is 0 Å². The first-order chi connectivity index (χ1) is 12.5. The lowest BCUT2D eigenvalue weighted by Crippen LogP contribution is -1.89. The number of pyridine rings is 2. The van der Waals surface area contributed by atoms with Crippen LogP contribution in [0.25, 0.3) is 23.5 Å². The number of nitrogens with zero attached hydrogens (tertiary/aromatic N) is 2. The van der Waals surface area contributed by atoms with E-state index in [1.54, 1.807) is 48.8 Å². The van der Waals surface area contributed by atoms with Gasteiger partial charge in [-0.3, -0.25) is 9.97 Å². The molecule has 0 saturated carbocycles. The predicted molar refractivity (Wildman–Crippen MR) is 99.1 cm³/mol. The first kappa shape index (κ1) is 18.5. The highest BCUT2D eigenvalue weighted by atomic mass is 16.4. The molecule has 2 heterocycles. The summed E-state index contributed by atoms with van der Waals surface area (Å²) in [7, 11) is 0. The van der Waals surface area contributed by atoms with Gasteiger partial charge in [-0.15, -0.1) is 0 Å². The lowest BCUT2D eigenvalue weighted by atomic mass is 10.1. The molecule has 0 fully saturated rings. The van der Waals surface area contributed by atoms with Gasteiger partial charge in [-0.1, -0.05) is 36.5 Å². The van der Waals surface area contributed by atoms with Gasteiger partial charge in [0.05, 0.1) is 11.4 Å². The van der Waals surface area contributed by atoms with Crippen molar-refractivity contribution in [1.82, 2.24) is 9.97 Å². The van der Waals surface area contributed by atoms with Crippen molar-refractivity contribution in [3.63, 3.8) is 0 Å². The fourth-order valence-electron chi connectivity index (χ4n) is 1.99. The summed E-state index contributed by atoms with van der Waals surface area (Å²) >= 11 is 0. The molecule has 0 aromatic carbocycles. The molecule has 0 aliphatic heterocycles. The van der Waals surface area contributed by atoms with Crippen molar-refractivity contribution in [1.29, 1.82) is 0 Å². The maximum atomic E-state index is 10.4. The second-order valence-electron chi connectivity index (χ2n) is 5.06. The van der Waals surface area contributed by atoms with Crippen LogP contribution < -0.4 is 0 Å². The molecule has 6 nitrogen and oxygen atoms in total. The number of hydrogen-bond donors (Lipinski definition) is 2. The van der Waals surface area contributed by atoms with E-state index in [-0.39, 0.29) is 0 Å². The first-order valence-corrected chi connectivity index (χ1v) is 7.62. The molecule has 130 valence electrons. The van der Waals surface area contributed by atoms with Crippen LogP contribution in [0.2, 0.25) is 0 Å². The molecule has 0 aliphatic carbocycles. The van der Waals surface area contributed by atoms with Crippen LogP contribution in [0, 0.1) is 0 Å². The highest BCUT2D eigenvalue weighted by Gasteiger charge is 2.02. The van der Waals surface area contributed by atoms with Gasteiger partial charge in [0.15, 0.2) is 0 Å². The number of carbonyl (C=O) groups is 2. The van der Waals surface area contributed by atoms with E-state index >= 15 is 0 Å². The van der Waals surface area contributed by atoms with Crippen molar-refractivity contribution in [2.75, 3.05) is 0 Å². The summed E-state index contributed by atoms with van der Waals surface area (Å²) in [6, 6.07) is 7.28. The largest absolute Gasteiger partial charge is 0.478 e. The quantitative estimate of drug-likeness (QED) is 0.587. The van der Waals surface area contributed by atoms with E-state index in [2.05, 4.69) is 9.97 Å². The topological polar surface area (TPSA) is 100 Å². The Balaban J connectivity index is 2.18. The minimum absolute atomic E-state index is 0.672. The Labute approximate surface area is 150 Å². The molecule has 0 atom stereocenters. The monoisotopic (exact) mass is 348 g/mol. The second kappa shape index (κ2) is 9.48. The summed E-state index contributed by atoms with van der Waals surface area (Å²) < 4.78 is 0. The van der Waals surface area contributed by atoms with E-state index in [0.717, 1.165) is 23.3 Å². The Morgan fingerprint density at radius 2 is 1.15 bits per heavy atom. The van der Waals surface area contributed by atoms with Gasteiger partial charge < -0.3 is 10.2 Å². The zero-order chi connectivity index (χ0) is 18.8. The van der Waals surface area contributed by atoms with Crippen molar-refractivity contribution in [2.24, 2.45) is 0 Å². The number of aromatic nitrogens is 2. The van der Waals surface area contributed by atoms with Crippen molar-refractivity contribution in [2.45, 2.75) is 0 Å². The van der Waals surface area contributed by atoms with Crippen molar-refractivity contribution < 1.29 is 19.8 Å². The number of carboxylic acids is 2. The van der Waals surface area contributed by atoms with E-state index in [9.17, 15) is 9.59 Å². The van der Waals surface area contributed by atoms with Crippen LogP contribution in [0.15, 0.2) is 73.1 Å². The molecule has 6 heteroatoms. The minimum atomic E-state index is -1.00.